The Bertz CT molecular complexity index is 1170. The summed E-state index contributed by atoms with van der Waals surface area (Å²) >= 11 is 0. The second-order valence-electron chi connectivity index (χ2n) is 9.79. The van der Waals surface area contributed by atoms with E-state index in [4.69, 9.17) is 14.2 Å². The van der Waals surface area contributed by atoms with Crippen LogP contribution < -0.4 is 14.8 Å². The molecule has 0 aliphatic carbocycles. The predicted molar refractivity (Wildman–Crippen MR) is 138 cm³/mol. The first-order chi connectivity index (χ1) is 17.7. The van der Waals surface area contributed by atoms with E-state index in [1.54, 1.807) is 41.2 Å². The summed E-state index contributed by atoms with van der Waals surface area (Å²) in [5.41, 5.74) is 0.896. The van der Waals surface area contributed by atoms with Gasteiger partial charge in [-0.05, 0) is 50.6 Å². The largest absolute Gasteiger partial charge is 0.493 e. The van der Waals surface area contributed by atoms with Crippen LogP contribution in [0, 0.1) is 6.92 Å². The lowest BCUT2D eigenvalue weighted by molar-refractivity contribution is -0.128. The summed E-state index contributed by atoms with van der Waals surface area (Å²) < 4.78 is 16.9. The molecule has 4 rings (SSSR count). The zero-order valence-electron chi connectivity index (χ0n) is 22.1. The Morgan fingerprint density at radius 2 is 1.68 bits per heavy atom. The first-order valence-electron chi connectivity index (χ1n) is 12.6. The average Bonchev–Trinajstić information content (AvgIpc) is 3.26. The molecular weight excluding hydrogens is 474 g/mol. The maximum atomic E-state index is 13.9. The van der Waals surface area contributed by atoms with Crippen molar-refractivity contribution in [3.8, 4) is 11.5 Å². The quantitative estimate of drug-likeness (QED) is 0.643. The molecule has 9 heteroatoms. The van der Waals surface area contributed by atoms with Crippen molar-refractivity contribution in [2.75, 3.05) is 33.9 Å². The van der Waals surface area contributed by atoms with E-state index in [1.165, 1.54) is 7.11 Å². The second kappa shape index (κ2) is 10.8. The first kappa shape index (κ1) is 26.5. The van der Waals surface area contributed by atoms with Crippen molar-refractivity contribution in [2.24, 2.45) is 0 Å². The van der Waals surface area contributed by atoms with Gasteiger partial charge < -0.3 is 24.4 Å². The summed E-state index contributed by atoms with van der Waals surface area (Å²) in [5.74, 6) is 0.415. The number of methoxy groups -OCH3 is 2. The van der Waals surface area contributed by atoms with Crippen molar-refractivity contribution >= 4 is 17.7 Å². The van der Waals surface area contributed by atoms with E-state index in [0.717, 1.165) is 5.56 Å². The maximum absolute atomic E-state index is 13.9. The van der Waals surface area contributed by atoms with Crippen LogP contribution >= 0.6 is 0 Å². The van der Waals surface area contributed by atoms with E-state index in [9.17, 15) is 14.4 Å². The van der Waals surface area contributed by atoms with Gasteiger partial charge in [0, 0.05) is 43.1 Å². The number of amides is 3. The lowest BCUT2D eigenvalue weighted by Crippen LogP contribution is -2.60. The number of aryl methyl sites for hydroxylation is 1. The molecule has 0 bridgehead atoms. The van der Waals surface area contributed by atoms with E-state index in [1.807, 2.05) is 39.0 Å². The SMILES string of the molecule is COc1ccc(C(=O)N2CCC3(CC2)OC[C@@H](C(=O)NC(C)C)N3C(=O)c2ccccc2C)cc1OC. The van der Waals surface area contributed by atoms with E-state index < -0.39 is 11.8 Å². The van der Waals surface area contributed by atoms with Gasteiger partial charge in [-0.15, -0.1) is 0 Å². The predicted octanol–water partition coefficient (Wildman–Crippen LogP) is 3.01. The number of benzene rings is 2. The van der Waals surface area contributed by atoms with Crippen molar-refractivity contribution in [1.29, 1.82) is 0 Å². The normalized spacial score (nSPS) is 18.7. The molecule has 2 aromatic carbocycles. The van der Waals surface area contributed by atoms with E-state index >= 15 is 0 Å². The summed E-state index contributed by atoms with van der Waals surface area (Å²) in [6.45, 7) is 6.52. The molecule has 0 unspecified atom stereocenters. The standard InChI is InChI=1S/C28H35N3O6/c1-18(2)29-25(32)22-17-37-28(31(22)27(34)21-9-7-6-8-19(21)3)12-14-30(15-13-28)26(33)20-10-11-23(35-4)24(16-20)36-5/h6-11,16,18,22H,12-15,17H2,1-5H3,(H,29,32)/t22-/m0/s1. The van der Waals surface area contributed by atoms with E-state index in [0.29, 0.717) is 48.6 Å². The highest BCUT2D eigenvalue weighted by Gasteiger charge is 2.54. The Balaban J connectivity index is 1.58. The fourth-order valence-electron chi connectivity index (χ4n) is 5.10. The van der Waals surface area contributed by atoms with Gasteiger partial charge in [0.15, 0.2) is 11.5 Å². The molecule has 2 heterocycles. The van der Waals surface area contributed by atoms with Gasteiger partial charge in [0.1, 0.15) is 11.8 Å². The monoisotopic (exact) mass is 509 g/mol. The summed E-state index contributed by atoms with van der Waals surface area (Å²) in [6, 6.07) is 11.6. The molecule has 2 fully saturated rings. The topological polar surface area (TPSA) is 97.4 Å². The molecule has 2 aliphatic rings. The van der Waals surface area contributed by atoms with Crippen LogP contribution in [-0.4, -0.2) is 79.2 Å². The highest BCUT2D eigenvalue weighted by molar-refractivity contribution is 5.99. The van der Waals surface area contributed by atoms with Gasteiger partial charge in [0.25, 0.3) is 11.8 Å². The smallest absolute Gasteiger partial charge is 0.257 e. The molecule has 2 aliphatic heterocycles. The number of ether oxygens (including phenoxy) is 3. The summed E-state index contributed by atoms with van der Waals surface area (Å²) in [7, 11) is 3.07. The van der Waals surface area contributed by atoms with Crippen LogP contribution in [0.2, 0.25) is 0 Å². The molecule has 3 amide bonds. The van der Waals surface area contributed by atoms with Crippen molar-refractivity contribution in [2.45, 2.75) is 51.4 Å². The Kier molecular flexibility index (Phi) is 7.73. The highest BCUT2D eigenvalue weighted by Crippen LogP contribution is 2.39. The molecule has 2 saturated heterocycles. The number of hydrogen-bond acceptors (Lipinski definition) is 6. The zero-order valence-corrected chi connectivity index (χ0v) is 22.1. The Morgan fingerprint density at radius 1 is 1.00 bits per heavy atom. The van der Waals surface area contributed by atoms with Crippen molar-refractivity contribution in [1.82, 2.24) is 15.1 Å². The minimum atomic E-state index is -0.966. The number of piperidine rings is 1. The van der Waals surface area contributed by atoms with Crippen LogP contribution in [0.1, 0.15) is 53.0 Å². The minimum absolute atomic E-state index is 0.0691. The average molecular weight is 510 g/mol. The fraction of sp³-hybridized carbons (Fsp3) is 0.464. The lowest BCUT2D eigenvalue weighted by Gasteiger charge is -2.44. The molecule has 37 heavy (non-hydrogen) atoms. The molecule has 198 valence electrons. The molecule has 2 aromatic rings. The molecule has 0 saturated carbocycles. The van der Waals surface area contributed by atoms with Crippen LogP contribution in [0.5, 0.6) is 11.5 Å². The number of hydrogen-bond donors (Lipinski definition) is 1. The number of likely N-dealkylation sites (tertiary alicyclic amines) is 1. The Labute approximate surface area is 217 Å². The fourth-order valence-corrected chi connectivity index (χ4v) is 5.10. The van der Waals surface area contributed by atoms with Crippen LogP contribution in [0.4, 0.5) is 0 Å². The third kappa shape index (κ3) is 5.13. The van der Waals surface area contributed by atoms with Gasteiger partial charge in [-0.25, -0.2) is 0 Å². The van der Waals surface area contributed by atoms with Gasteiger partial charge in [-0.1, -0.05) is 18.2 Å². The number of nitrogens with zero attached hydrogens (tertiary/aromatic N) is 2. The summed E-state index contributed by atoms with van der Waals surface area (Å²) in [4.78, 5) is 43.6. The molecule has 0 radical (unpaired) electrons. The van der Waals surface area contributed by atoms with Crippen molar-refractivity contribution in [3.05, 3.63) is 59.2 Å². The number of nitrogens with one attached hydrogen (secondary N) is 1. The van der Waals surface area contributed by atoms with Crippen LogP contribution in [0.3, 0.4) is 0 Å². The molecule has 1 spiro atoms. The molecule has 1 atom stereocenters. The zero-order chi connectivity index (χ0) is 26.7. The minimum Gasteiger partial charge on any atom is -0.493 e. The van der Waals surface area contributed by atoms with Gasteiger partial charge >= 0.3 is 0 Å². The van der Waals surface area contributed by atoms with Crippen LogP contribution in [0.15, 0.2) is 42.5 Å². The lowest BCUT2D eigenvalue weighted by atomic mass is 9.95. The van der Waals surface area contributed by atoms with E-state index in [2.05, 4.69) is 5.32 Å². The maximum Gasteiger partial charge on any atom is 0.257 e. The van der Waals surface area contributed by atoms with E-state index in [-0.39, 0.29) is 30.4 Å². The summed E-state index contributed by atoms with van der Waals surface area (Å²) in [5, 5.41) is 2.93. The third-order valence-corrected chi connectivity index (χ3v) is 7.05. The summed E-state index contributed by atoms with van der Waals surface area (Å²) in [6.07, 6.45) is 0.796. The van der Waals surface area contributed by atoms with Crippen LogP contribution in [-0.2, 0) is 9.53 Å². The molecule has 9 nitrogen and oxygen atoms in total. The third-order valence-electron chi connectivity index (χ3n) is 7.05. The molecule has 1 N–H and O–H groups in total. The van der Waals surface area contributed by atoms with Gasteiger partial charge in [0.2, 0.25) is 5.91 Å². The van der Waals surface area contributed by atoms with Gasteiger partial charge in [-0.3, -0.25) is 19.3 Å². The van der Waals surface area contributed by atoms with Gasteiger partial charge in [0.05, 0.1) is 20.8 Å². The molecule has 0 aromatic heterocycles. The highest BCUT2D eigenvalue weighted by atomic mass is 16.5. The van der Waals surface area contributed by atoms with Crippen molar-refractivity contribution in [3.63, 3.8) is 0 Å². The van der Waals surface area contributed by atoms with Crippen molar-refractivity contribution < 1.29 is 28.6 Å². The number of rotatable bonds is 6. The Hall–Kier alpha value is -3.59. The van der Waals surface area contributed by atoms with Gasteiger partial charge in [-0.2, -0.15) is 0 Å². The van der Waals surface area contributed by atoms with Crippen LogP contribution in [0.25, 0.3) is 0 Å². The second-order valence-corrected chi connectivity index (χ2v) is 9.79. The Morgan fingerprint density at radius 3 is 2.30 bits per heavy atom. The first-order valence-corrected chi connectivity index (χ1v) is 12.6. The number of carbonyl (C=O) groups is 3. The number of carbonyl (C=O) groups excluding carboxylic acids is 3. The molecular formula is C28H35N3O6.